The topological polar surface area (TPSA) is 99.8 Å². The van der Waals surface area contributed by atoms with E-state index in [9.17, 15) is 4.79 Å². The van der Waals surface area contributed by atoms with Crippen molar-refractivity contribution < 1.29 is 9.53 Å². The Balaban J connectivity index is 1.19. The van der Waals surface area contributed by atoms with Crippen LogP contribution in [0.5, 0.6) is 0 Å². The van der Waals surface area contributed by atoms with Crippen molar-refractivity contribution in [2.75, 3.05) is 17.2 Å². The lowest BCUT2D eigenvalue weighted by atomic mass is 10.00. The van der Waals surface area contributed by atoms with Gasteiger partial charge in [-0.1, -0.05) is 61.9 Å². The smallest absolute Gasteiger partial charge is 0.305 e. The molecule has 0 bridgehead atoms. The first-order valence-corrected chi connectivity index (χ1v) is 15.1. The van der Waals surface area contributed by atoms with E-state index in [0.717, 1.165) is 74.1 Å². The number of hydrogen-bond acceptors (Lipinski definition) is 8. The van der Waals surface area contributed by atoms with Gasteiger partial charge in [-0.3, -0.25) is 4.79 Å². The minimum Gasteiger partial charge on any atom is -0.465 e. The number of fused-ring (bicyclic) bond motifs is 1. The maximum Gasteiger partial charge on any atom is 0.305 e. The van der Waals surface area contributed by atoms with Crippen LogP contribution in [-0.4, -0.2) is 18.2 Å². The Morgan fingerprint density at radius 2 is 1.30 bits per heavy atom. The molecule has 0 atom stereocenters. The van der Waals surface area contributed by atoms with Gasteiger partial charge in [-0.05, 0) is 68.3 Å². The van der Waals surface area contributed by atoms with Crippen LogP contribution in [0.25, 0.3) is 21.5 Å². The second kappa shape index (κ2) is 12.6. The fraction of sp³-hybridized carbons (Fsp3) is 0.250. The number of unbranched alkanes of at least 4 members (excludes halogenated alkanes) is 1. The van der Waals surface area contributed by atoms with Crippen LogP contribution in [0, 0.1) is 0 Å². The first-order valence-electron chi connectivity index (χ1n) is 15.1. The fourth-order valence-electron chi connectivity index (χ4n) is 5.46. The molecule has 0 spiro atoms. The summed E-state index contributed by atoms with van der Waals surface area (Å²) >= 11 is 0. The summed E-state index contributed by atoms with van der Waals surface area (Å²) < 4.78 is 5.32. The lowest BCUT2D eigenvalue weighted by molar-refractivity contribution is -0.143. The lowest BCUT2D eigenvalue weighted by Gasteiger charge is -2.36. The van der Waals surface area contributed by atoms with E-state index < -0.39 is 0 Å². The van der Waals surface area contributed by atoms with E-state index in [1.165, 1.54) is 0 Å². The molecule has 1 aliphatic heterocycles. The fourth-order valence-corrected chi connectivity index (χ4v) is 5.46. The highest BCUT2D eigenvalue weighted by atomic mass is 16.5. The normalized spacial score (nSPS) is 13.8. The van der Waals surface area contributed by atoms with Gasteiger partial charge >= 0.3 is 5.97 Å². The third kappa shape index (κ3) is 6.44. The highest BCUT2D eigenvalue weighted by Crippen LogP contribution is 2.42. The Bertz CT molecular complexity index is 1860. The van der Waals surface area contributed by atoms with Crippen LogP contribution in [-0.2, 0) is 16.0 Å². The third-order valence-corrected chi connectivity index (χ3v) is 7.65. The van der Waals surface area contributed by atoms with Crippen molar-refractivity contribution >= 4 is 61.6 Å². The number of benzene rings is 5. The van der Waals surface area contributed by atoms with Crippen LogP contribution in [0.1, 0.15) is 45.6 Å². The van der Waals surface area contributed by atoms with Gasteiger partial charge in [-0.2, -0.15) is 5.11 Å². The van der Waals surface area contributed by atoms with E-state index in [1.54, 1.807) is 0 Å². The quantitative estimate of drug-likeness (QED) is 0.126. The van der Waals surface area contributed by atoms with Crippen LogP contribution in [0.15, 0.2) is 111 Å². The molecule has 0 aromatic heterocycles. The van der Waals surface area contributed by atoms with Gasteiger partial charge in [0.25, 0.3) is 0 Å². The second-order valence-electron chi connectivity index (χ2n) is 11.5. The van der Waals surface area contributed by atoms with Crippen LogP contribution in [0.4, 0.5) is 34.1 Å². The van der Waals surface area contributed by atoms with Crippen molar-refractivity contribution in [3.8, 4) is 0 Å². The van der Waals surface area contributed by atoms with Crippen LogP contribution in [0.3, 0.4) is 0 Å². The van der Waals surface area contributed by atoms with Crippen molar-refractivity contribution in [2.24, 2.45) is 20.5 Å². The Hall–Kier alpha value is -5.11. The van der Waals surface area contributed by atoms with Gasteiger partial charge in [-0.25, -0.2) is 0 Å². The van der Waals surface area contributed by atoms with E-state index in [1.807, 2.05) is 72.8 Å². The Kier molecular flexibility index (Phi) is 8.32. The maximum atomic E-state index is 11.7. The monoisotopic (exact) mass is 584 g/mol. The number of carbonyl (C=O) groups is 1. The molecule has 0 amide bonds. The summed E-state index contributed by atoms with van der Waals surface area (Å²) in [4.78, 5) is 11.7. The number of anilines is 2. The zero-order valence-corrected chi connectivity index (χ0v) is 25.3. The molecule has 0 fully saturated rings. The number of esters is 1. The number of nitrogens with one attached hydrogen (secondary N) is 2. The number of nitrogens with zero attached hydrogens (tertiary/aromatic N) is 4. The Labute approximate surface area is 257 Å². The molecule has 6 rings (SSSR count). The first-order chi connectivity index (χ1) is 21.4. The molecule has 2 N–H and O–H groups in total. The summed E-state index contributed by atoms with van der Waals surface area (Å²) in [6.45, 7) is 6.68. The van der Waals surface area contributed by atoms with Gasteiger partial charge < -0.3 is 15.4 Å². The summed E-state index contributed by atoms with van der Waals surface area (Å²) in [6, 6.07) is 30.0. The SMILES string of the molecule is CCCCC(=O)OCCc1ccc(N=Nc2ccc(N=Nc3ccc4c5c(cccc35)NC(C)(C)N4)c3ccccc23)cc1. The van der Waals surface area contributed by atoms with Crippen LogP contribution < -0.4 is 10.6 Å². The van der Waals surface area contributed by atoms with Gasteiger partial charge in [0, 0.05) is 45.8 Å². The maximum absolute atomic E-state index is 11.7. The highest BCUT2D eigenvalue weighted by Gasteiger charge is 2.25. The van der Waals surface area contributed by atoms with Gasteiger partial charge in [0.1, 0.15) is 5.66 Å². The van der Waals surface area contributed by atoms with Crippen molar-refractivity contribution in [1.82, 2.24) is 0 Å². The third-order valence-electron chi connectivity index (χ3n) is 7.65. The van der Waals surface area contributed by atoms with Gasteiger partial charge in [-0.15, -0.1) is 15.3 Å². The molecule has 5 aromatic carbocycles. The first kappa shape index (κ1) is 29.0. The number of rotatable bonds is 10. The minimum absolute atomic E-state index is 0.132. The molecule has 222 valence electrons. The van der Waals surface area contributed by atoms with E-state index in [2.05, 4.69) is 64.9 Å². The van der Waals surface area contributed by atoms with E-state index in [-0.39, 0.29) is 11.6 Å². The number of carbonyl (C=O) groups excluding carboxylic acids is 1. The summed E-state index contributed by atoms with van der Waals surface area (Å²) in [5, 5.41) is 29.6. The minimum atomic E-state index is -0.239. The standard InChI is InChI=1S/C36H36N6O2/c1-4-5-13-34(43)44-23-22-24-14-16-25(17-15-24)39-40-29-18-19-30(27-10-7-6-9-26(27)29)41-42-31-20-21-33-35-28(31)11-8-12-32(35)37-36(2,3)38-33/h6-12,14-21,37-38H,4-5,13,22-23H2,1-3H3. The molecule has 44 heavy (non-hydrogen) atoms. The van der Waals surface area contributed by atoms with Crippen molar-refractivity contribution in [2.45, 2.75) is 52.1 Å². The predicted octanol–water partition coefficient (Wildman–Crippen LogP) is 10.7. The van der Waals surface area contributed by atoms with Gasteiger partial charge in [0.2, 0.25) is 0 Å². The van der Waals surface area contributed by atoms with E-state index in [0.29, 0.717) is 19.4 Å². The zero-order valence-electron chi connectivity index (χ0n) is 25.3. The van der Waals surface area contributed by atoms with Crippen molar-refractivity contribution in [1.29, 1.82) is 0 Å². The van der Waals surface area contributed by atoms with Gasteiger partial charge in [0.15, 0.2) is 0 Å². The van der Waals surface area contributed by atoms with Crippen LogP contribution in [0.2, 0.25) is 0 Å². The predicted molar refractivity (Wildman–Crippen MR) is 178 cm³/mol. The molecule has 8 nitrogen and oxygen atoms in total. The average molecular weight is 585 g/mol. The van der Waals surface area contributed by atoms with Crippen LogP contribution >= 0.6 is 0 Å². The summed E-state index contributed by atoms with van der Waals surface area (Å²) in [5.41, 5.74) is 6.07. The molecular weight excluding hydrogens is 548 g/mol. The highest BCUT2D eigenvalue weighted by molar-refractivity contribution is 6.09. The summed E-state index contributed by atoms with van der Waals surface area (Å²) in [6.07, 6.45) is 3.00. The molecular formula is C36H36N6O2. The Morgan fingerprint density at radius 1 is 0.705 bits per heavy atom. The molecule has 5 aromatic rings. The molecule has 8 heteroatoms. The number of hydrogen-bond donors (Lipinski definition) is 2. The summed E-state index contributed by atoms with van der Waals surface area (Å²) in [7, 11) is 0. The number of azo groups is 2. The molecule has 0 saturated carbocycles. The molecule has 0 radical (unpaired) electrons. The molecule has 0 aliphatic carbocycles. The van der Waals surface area contributed by atoms with Gasteiger partial charge in [0.05, 0.1) is 29.4 Å². The summed E-state index contributed by atoms with van der Waals surface area (Å²) in [5.74, 6) is -0.132. The van der Waals surface area contributed by atoms with Crippen molar-refractivity contribution in [3.63, 3.8) is 0 Å². The number of ether oxygens (including phenoxy) is 1. The largest absolute Gasteiger partial charge is 0.465 e. The molecule has 0 unspecified atom stereocenters. The Morgan fingerprint density at radius 3 is 1.98 bits per heavy atom. The van der Waals surface area contributed by atoms with E-state index >= 15 is 0 Å². The molecule has 0 saturated heterocycles. The molecule has 1 heterocycles. The second-order valence-corrected chi connectivity index (χ2v) is 11.5. The van der Waals surface area contributed by atoms with Crippen molar-refractivity contribution in [3.05, 3.63) is 96.6 Å². The zero-order chi connectivity index (χ0) is 30.5. The lowest BCUT2D eigenvalue weighted by Crippen LogP contribution is -2.41. The average Bonchev–Trinajstić information content (AvgIpc) is 3.03. The van der Waals surface area contributed by atoms with E-state index in [4.69, 9.17) is 9.85 Å². The molecule has 1 aliphatic rings.